The van der Waals surface area contributed by atoms with Crippen molar-refractivity contribution in [1.29, 1.82) is 0 Å². The number of hydrogen-bond acceptors (Lipinski definition) is 6. The quantitative estimate of drug-likeness (QED) is 0.463. The predicted molar refractivity (Wildman–Crippen MR) is 86.6 cm³/mol. The van der Waals surface area contributed by atoms with Crippen LogP contribution in [0, 0.1) is 20.2 Å². The molecular formula is C15H16N4O5. The lowest BCUT2D eigenvalue weighted by molar-refractivity contribution is -0.394. The fourth-order valence-corrected chi connectivity index (χ4v) is 2.20. The molecule has 0 bridgehead atoms. The fraction of sp³-hybridized carbons (Fsp3) is 0.267. The van der Waals surface area contributed by atoms with Gasteiger partial charge in [-0.15, -0.1) is 0 Å². The molecule has 1 aromatic carbocycles. The molecule has 126 valence electrons. The van der Waals surface area contributed by atoms with Crippen LogP contribution in [0.4, 0.5) is 11.4 Å². The molecule has 0 aromatic heterocycles. The van der Waals surface area contributed by atoms with Crippen molar-refractivity contribution in [1.82, 2.24) is 10.2 Å². The second kappa shape index (κ2) is 7.86. The van der Waals surface area contributed by atoms with E-state index in [-0.39, 0.29) is 5.56 Å². The number of carbonyl (C=O) groups is 1. The third-order valence-electron chi connectivity index (χ3n) is 3.38. The maximum Gasteiger partial charge on any atom is 0.277 e. The van der Waals surface area contributed by atoms with Gasteiger partial charge in [0.05, 0.1) is 21.5 Å². The van der Waals surface area contributed by atoms with Crippen LogP contribution in [0.3, 0.4) is 0 Å². The van der Waals surface area contributed by atoms with E-state index in [2.05, 4.69) is 10.2 Å². The molecule has 0 saturated carbocycles. The fourth-order valence-electron chi connectivity index (χ4n) is 2.20. The van der Waals surface area contributed by atoms with Crippen molar-refractivity contribution >= 4 is 17.3 Å². The Morgan fingerprint density at radius 2 is 1.79 bits per heavy atom. The standard InChI is InChI=1S/C15H16N4O5/c20-15(16-5-4-8-17-6-2-1-3-7-17)12-9-13(18(21)22)11-14(10-12)19(23)24/h1-3,6,9-11H,4-5,7-8H2,(H,16,20). The van der Waals surface area contributed by atoms with Gasteiger partial charge in [0.1, 0.15) is 0 Å². The Labute approximate surface area is 137 Å². The summed E-state index contributed by atoms with van der Waals surface area (Å²) in [5, 5.41) is 24.3. The van der Waals surface area contributed by atoms with E-state index >= 15 is 0 Å². The largest absolute Gasteiger partial charge is 0.374 e. The predicted octanol–water partition coefficient (Wildman–Crippen LogP) is 2.01. The zero-order chi connectivity index (χ0) is 17.5. The number of amides is 1. The Hall–Kier alpha value is -3.23. The second-order valence-electron chi connectivity index (χ2n) is 5.13. The van der Waals surface area contributed by atoms with Crippen molar-refractivity contribution < 1.29 is 14.6 Å². The summed E-state index contributed by atoms with van der Waals surface area (Å²) < 4.78 is 0. The molecule has 1 aromatic rings. The lowest BCUT2D eigenvalue weighted by Crippen LogP contribution is -2.28. The molecule has 0 radical (unpaired) electrons. The Morgan fingerprint density at radius 3 is 2.33 bits per heavy atom. The van der Waals surface area contributed by atoms with Gasteiger partial charge in [0.25, 0.3) is 17.3 Å². The van der Waals surface area contributed by atoms with E-state index in [0.29, 0.717) is 13.0 Å². The normalized spacial score (nSPS) is 12.9. The van der Waals surface area contributed by atoms with Gasteiger partial charge in [0.15, 0.2) is 0 Å². The summed E-state index contributed by atoms with van der Waals surface area (Å²) in [6, 6.07) is 2.88. The molecule has 1 N–H and O–H groups in total. The van der Waals surface area contributed by atoms with Crippen LogP contribution < -0.4 is 5.32 Å². The van der Waals surface area contributed by atoms with E-state index in [1.54, 1.807) is 0 Å². The second-order valence-corrected chi connectivity index (χ2v) is 5.13. The number of nitro groups is 2. The average Bonchev–Trinajstić information content (AvgIpc) is 2.59. The van der Waals surface area contributed by atoms with Gasteiger partial charge in [-0.2, -0.15) is 0 Å². The van der Waals surface area contributed by atoms with Gasteiger partial charge in [0.2, 0.25) is 0 Å². The van der Waals surface area contributed by atoms with Crippen LogP contribution in [0.1, 0.15) is 16.8 Å². The minimum Gasteiger partial charge on any atom is -0.374 e. The SMILES string of the molecule is O=C(NCCCN1C=CC=CC1)c1cc([N+](=O)[O-])cc([N+](=O)[O-])c1. The highest BCUT2D eigenvalue weighted by molar-refractivity contribution is 5.95. The number of nitrogens with zero attached hydrogens (tertiary/aromatic N) is 3. The summed E-state index contributed by atoms with van der Waals surface area (Å²) in [6.07, 6.45) is 8.52. The van der Waals surface area contributed by atoms with Gasteiger partial charge in [-0.1, -0.05) is 12.2 Å². The first-order valence-electron chi connectivity index (χ1n) is 7.27. The van der Waals surface area contributed by atoms with Gasteiger partial charge in [-0.3, -0.25) is 25.0 Å². The Kier molecular flexibility index (Phi) is 5.61. The van der Waals surface area contributed by atoms with Crippen molar-refractivity contribution in [2.75, 3.05) is 19.6 Å². The molecule has 24 heavy (non-hydrogen) atoms. The first kappa shape index (κ1) is 17.1. The highest BCUT2D eigenvalue weighted by Crippen LogP contribution is 2.22. The number of carbonyl (C=O) groups excluding carboxylic acids is 1. The van der Waals surface area contributed by atoms with Crippen molar-refractivity contribution in [3.63, 3.8) is 0 Å². The van der Waals surface area contributed by atoms with E-state index in [1.165, 1.54) is 0 Å². The Bertz CT molecular complexity index is 682. The van der Waals surface area contributed by atoms with Gasteiger partial charge in [-0.05, 0) is 18.7 Å². The van der Waals surface area contributed by atoms with Gasteiger partial charge >= 0.3 is 0 Å². The van der Waals surface area contributed by atoms with Crippen LogP contribution in [-0.4, -0.2) is 40.3 Å². The van der Waals surface area contributed by atoms with E-state index in [0.717, 1.165) is 31.3 Å². The molecule has 0 fully saturated rings. The summed E-state index contributed by atoms with van der Waals surface area (Å²) >= 11 is 0. The van der Waals surface area contributed by atoms with Crippen molar-refractivity contribution in [2.45, 2.75) is 6.42 Å². The van der Waals surface area contributed by atoms with E-state index in [1.807, 2.05) is 24.4 Å². The highest BCUT2D eigenvalue weighted by atomic mass is 16.6. The summed E-state index contributed by atoms with van der Waals surface area (Å²) in [5.74, 6) is -0.573. The molecule has 1 amide bonds. The number of allylic oxidation sites excluding steroid dienone is 2. The molecule has 9 nitrogen and oxygen atoms in total. The molecule has 1 heterocycles. The number of non-ortho nitro benzene ring substituents is 2. The number of nitrogens with one attached hydrogen (secondary N) is 1. The van der Waals surface area contributed by atoms with Crippen molar-refractivity contribution in [3.8, 4) is 0 Å². The number of benzene rings is 1. The van der Waals surface area contributed by atoms with E-state index in [9.17, 15) is 25.0 Å². The smallest absolute Gasteiger partial charge is 0.277 e. The van der Waals surface area contributed by atoms with Crippen LogP contribution in [0.25, 0.3) is 0 Å². The number of hydrogen-bond donors (Lipinski definition) is 1. The highest BCUT2D eigenvalue weighted by Gasteiger charge is 2.19. The lowest BCUT2D eigenvalue weighted by atomic mass is 10.1. The molecule has 0 unspecified atom stereocenters. The van der Waals surface area contributed by atoms with E-state index in [4.69, 9.17) is 0 Å². The molecular weight excluding hydrogens is 316 g/mol. The Balaban J connectivity index is 1.93. The van der Waals surface area contributed by atoms with Crippen LogP contribution >= 0.6 is 0 Å². The summed E-state index contributed by atoms with van der Waals surface area (Å²) in [7, 11) is 0. The van der Waals surface area contributed by atoms with Crippen molar-refractivity contribution in [2.24, 2.45) is 0 Å². The van der Waals surface area contributed by atoms with Gasteiger partial charge in [-0.25, -0.2) is 0 Å². The minimum atomic E-state index is -0.764. The molecule has 0 atom stereocenters. The first-order chi connectivity index (χ1) is 11.5. The minimum absolute atomic E-state index is 0.100. The molecule has 0 saturated heterocycles. The lowest BCUT2D eigenvalue weighted by Gasteiger charge is -2.20. The molecule has 0 aliphatic carbocycles. The zero-order valence-electron chi connectivity index (χ0n) is 12.8. The molecule has 9 heteroatoms. The maximum atomic E-state index is 12.1. The first-order valence-corrected chi connectivity index (χ1v) is 7.27. The third kappa shape index (κ3) is 4.63. The van der Waals surface area contributed by atoms with Crippen molar-refractivity contribution in [3.05, 3.63) is 68.4 Å². The number of nitro benzene ring substituents is 2. The third-order valence-corrected chi connectivity index (χ3v) is 3.38. The maximum absolute atomic E-state index is 12.1. The number of rotatable bonds is 7. The monoisotopic (exact) mass is 332 g/mol. The summed E-state index contributed by atoms with van der Waals surface area (Å²) in [6.45, 7) is 1.92. The van der Waals surface area contributed by atoms with E-state index < -0.39 is 27.1 Å². The van der Waals surface area contributed by atoms with Crippen LogP contribution in [-0.2, 0) is 0 Å². The topological polar surface area (TPSA) is 119 Å². The molecule has 1 aliphatic rings. The van der Waals surface area contributed by atoms with Gasteiger partial charge in [0, 0.05) is 31.8 Å². The summed E-state index contributed by atoms with van der Waals surface area (Å²) in [4.78, 5) is 34.2. The van der Waals surface area contributed by atoms with Crippen LogP contribution in [0.15, 0.2) is 42.6 Å². The molecule has 1 aliphatic heterocycles. The summed E-state index contributed by atoms with van der Waals surface area (Å²) in [5.41, 5.74) is -1.07. The molecule has 0 spiro atoms. The molecule has 2 rings (SSSR count). The zero-order valence-corrected chi connectivity index (χ0v) is 12.8. The van der Waals surface area contributed by atoms with Crippen LogP contribution in [0.5, 0.6) is 0 Å². The van der Waals surface area contributed by atoms with Gasteiger partial charge < -0.3 is 10.2 Å². The average molecular weight is 332 g/mol. The van der Waals surface area contributed by atoms with Crippen LogP contribution in [0.2, 0.25) is 0 Å². The Morgan fingerprint density at radius 1 is 1.12 bits per heavy atom.